The lowest BCUT2D eigenvalue weighted by Crippen LogP contribution is -2.54. The van der Waals surface area contributed by atoms with Crippen LogP contribution in [0.2, 0.25) is 0 Å². The van der Waals surface area contributed by atoms with Gasteiger partial charge in [0.05, 0.1) is 24.4 Å². The molecule has 2 fully saturated rings. The zero-order valence-corrected chi connectivity index (χ0v) is 51.5. The van der Waals surface area contributed by atoms with E-state index in [0.717, 1.165) is 103 Å². The predicted molar refractivity (Wildman–Crippen MR) is 311 cm³/mol. The van der Waals surface area contributed by atoms with Crippen molar-refractivity contribution in [3.05, 3.63) is 119 Å². The third-order valence-corrected chi connectivity index (χ3v) is 17.3. The van der Waals surface area contributed by atoms with Gasteiger partial charge in [-0.3, -0.25) is 0 Å². The highest BCUT2D eigenvalue weighted by Gasteiger charge is 2.67. The molecule has 0 N–H and O–H groups in total. The number of methoxy groups -OCH3 is 3. The Labute approximate surface area is 516 Å². The molecule has 0 bridgehead atoms. The van der Waals surface area contributed by atoms with E-state index in [1.807, 2.05) is 0 Å². The number of esters is 4. The van der Waals surface area contributed by atoms with Crippen molar-refractivity contribution < 1.29 is 101 Å². The first-order chi connectivity index (χ1) is 42.4. The van der Waals surface area contributed by atoms with E-state index in [2.05, 4.69) is 6.92 Å². The van der Waals surface area contributed by atoms with Gasteiger partial charge in [-0.2, -0.15) is 39.5 Å². The average molecular weight is 1270 g/mol. The van der Waals surface area contributed by atoms with Crippen LogP contribution in [0.25, 0.3) is 0 Å². The topological polar surface area (TPSA) is 151 Å². The molecule has 3 aromatic rings. The summed E-state index contributed by atoms with van der Waals surface area (Å²) in [5, 5.41) is 0. The van der Waals surface area contributed by atoms with Gasteiger partial charge in [0.15, 0.2) is 0 Å². The van der Waals surface area contributed by atoms with Crippen LogP contribution in [0, 0.1) is 0 Å². The molecule has 0 aliphatic carbocycles. The summed E-state index contributed by atoms with van der Waals surface area (Å²) >= 11 is 0. The number of carbonyl (C=O) groups excluding carboxylic acids is 4. The van der Waals surface area contributed by atoms with Gasteiger partial charge < -0.3 is 42.6 Å². The molecule has 0 unspecified atom stereocenters. The lowest BCUT2D eigenvalue weighted by Gasteiger charge is -2.39. The standard InChI is InChI=1S/C67H87F9O13/c1-6-7-8-9-10-11-12-13-16-28-39-55(89-61(80)64(83-5,67(74,75)76)50-35-25-20-26-36-50)57-43-42-56(87-57)53-41-30-40-52(86-53)54(88-60(79)63(82-4,66(71,72)73)49-33-23-19-24-34-49)38-29-17-14-15-27-37-51(45-47-44-46(2)84-58(47)77)85-59(78)62(81-3,65(68,69)70)48-31-21-18-22-32-48/h18-26,31-36,44,46,51-57H,6-17,27-30,37-43,45H2,1-5H3/t46-,51+,52-,53+,54-,55+,56+,57+,62-,63-,64-/m0/s1. The first kappa shape index (κ1) is 72.5. The molecule has 3 aliphatic heterocycles. The Morgan fingerprint density at radius 1 is 0.483 bits per heavy atom. The van der Waals surface area contributed by atoms with E-state index in [9.17, 15) is 32.3 Å². The van der Waals surface area contributed by atoms with Crippen molar-refractivity contribution in [1.82, 2.24) is 0 Å². The Morgan fingerprint density at radius 3 is 1.21 bits per heavy atom. The van der Waals surface area contributed by atoms with Crippen LogP contribution < -0.4 is 0 Å². The summed E-state index contributed by atoms with van der Waals surface area (Å²) in [5.74, 6) is -5.79. The fourth-order valence-electron chi connectivity index (χ4n) is 12.5. The Kier molecular flexibility index (Phi) is 27.4. The highest BCUT2D eigenvalue weighted by molar-refractivity contribution is 5.91. The summed E-state index contributed by atoms with van der Waals surface area (Å²) in [6.07, 6.45) is -8.31. The highest BCUT2D eigenvalue weighted by Crippen LogP contribution is 2.47. The molecule has 3 aromatic carbocycles. The van der Waals surface area contributed by atoms with Crippen LogP contribution in [-0.4, -0.2) is 113 Å². The molecule has 11 atom stereocenters. The minimum atomic E-state index is -5.30. The number of alkyl halides is 9. The third-order valence-electron chi connectivity index (χ3n) is 17.3. The molecule has 0 spiro atoms. The number of ether oxygens (including phenoxy) is 9. The molecule has 0 radical (unpaired) electrons. The third kappa shape index (κ3) is 18.2. The van der Waals surface area contributed by atoms with Crippen molar-refractivity contribution in [3.63, 3.8) is 0 Å². The van der Waals surface area contributed by atoms with Crippen molar-refractivity contribution in [2.75, 3.05) is 21.3 Å². The Bertz CT molecular complexity index is 2680. The monoisotopic (exact) mass is 1270 g/mol. The van der Waals surface area contributed by atoms with Crippen LogP contribution in [0.4, 0.5) is 39.5 Å². The van der Waals surface area contributed by atoms with E-state index in [-0.39, 0.29) is 50.5 Å². The number of carbonyl (C=O) groups is 4. The van der Waals surface area contributed by atoms with Crippen molar-refractivity contribution in [2.24, 2.45) is 0 Å². The van der Waals surface area contributed by atoms with Gasteiger partial charge in [-0.1, -0.05) is 175 Å². The second-order valence-electron chi connectivity index (χ2n) is 23.4. The maximum atomic E-state index is 15.3. The summed E-state index contributed by atoms with van der Waals surface area (Å²) in [6, 6.07) is 19.1. The maximum absolute atomic E-state index is 15.3. The van der Waals surface area contributed by atoms with Gasteiger partial charge in [0.1, 0.15) is 24.4 Å². The maximum Gasteiger partial charge on any atom is 0.432 e. The number of unbranched alkanes of at least 4 members (excludes halogenated alkanes) is 13. The van der Waals surface area contributed by atoms with Crippen LogP contribution in [0.15, 0.2) is 103 Å². The zero-order chi connectivity index (χ0) is 64.9. The molecule has 89 heavy (non-hydrogen) atoms. The zero-order valence-electron chi connectivity index (χ0n) is 51.5. The predicted octanol–water partition coefficient (Wildman–Crippen LogP) is 15.8. The van der Waals surface area contributed by atoms with Gasteiger partial charge in [0, 0.05) is 50.0 Å². The minimum Gasteiger partial charge on any atom is -0.459 e. The first-order valence-electron chi connectivity index (χ1n) is 31.3. The summed E-state index contributed by atoms with van der Waals surface area (Å²) in [5.41, 5.74) is -11.8. The highest BCUT2D eigenvalue weighted by atomic mass is 19.4. The SMILES string of the molecule is CCCCCCCCCCCC[C@@H](OC(=O)[C@@](OC)(c1ccccc1)C(F)(F)F)[C@H]1CC[C@H]([C@H]2CCC[C@@H]([C@H](CCCCCCC[C@H](CC3=C[C@H](C)OC3=O)OC(=O)[C@@](OC)(c3ccccc3)C(F)(F)F)OC(=O)[C@@](OC)(c3ccccc3)C(F)(F)F)O2)O1. The normalized spacial score (nSPS) is 22.2. The molecule has 0 aromatic heterocycles. The van der Waals surface area contributed by atoms with E-state index < -0.39 is 125 Å². The van der Waals surface area contributed by atoms with E-state index >= 15 is 26.3 Å². The van der Waals surface area contributed by atoms with Crippen molar-refractivity contribution in [2.45, 2.75) is 252 Å². The molecular weight excluding hydrogens is 1180 g/mol. The molecule has 0 amide bonds. The molecule has 22 heteroatoms. The van der Waals surface area contributed by atoms with Gasteiger partial charge in [-0.15, -0.1) is 0 Å². The molecular formula is C67H87F9O13. The Morgan fingerprint density at radius 2 is 0.843 bits per heavy atom. The lowest BCUT2D eigenvalue weighted by atomic mass is 9.91. The molecule has 2 saturated heterocycles. The molecule has 3 aliphatic rings. The molecule has 13 nitrogen and oxygen atoms in total. The van der Waals surface area contributed by atoms with E-state index in [1.165, 1.54) is 73.5 Å². The minimum absolute atomic E-state index is 0.00713. The van der Waals surface area contributed by atoms with Gasteiger partial charge in [-0.05, 0) is 83.6 Å². The summed E-state index contributed by atoms with van der Waals surface area (Å²) in [7, 11) is 2.31. The fourth-order valence-corrected chi connectivity index (χ4v) is 12.5. The summed E-state index contributed by atoms with van der Waals surface area (Å²) in [6.45, 7) is 3.76. The summed E-state index contributed by atoms with van der Waals surface area (Å²) in [4.78, 5) is 54.8. The molecule has 3 heterocycles. The Balaban J connectivity index is 1.17. The molecule has 496 valence electrons. The smallest absolute Gasteiger partial charge is 0.432 e. The average Bonchev–Trinajstić information content (AvgIpc) is 3.08. The van der Waals surface area contributed by atoms with Crippen LogP contribution in [0.1, 0.15) is 185 Å². The molecule has 6 rings (SSSR count). The Hall–Kier alpha value is -5.55. The van der Waals surface area contributed by atoms with Crippen molar-refractivity contribution >= 4 is 23.9 Å². The van der Waals surface area contributed by atoms with Crippen LogP contribution in [-0.2, 0) is 78.6 Å². The van der Waals surface area contributed by atoms with Crippen molar-refractivity contribution in [3.8, 4) is 0 Å². The van der Waals surface area contributed by atoms with E-state index in [4.69, 9.17) is 42.6 Å². The van der Waals surface area contributed by atoms with Crippen molar-refractivity contribution in [1.29, 1.82) is 0 Å². The lowest BCUT2D eigenvalue weighted by molar-refractivity contribution is -0.282. The first-order valence-corrected chi connectivity index (χ1v) is 31.3. The largest absolute Gasteiger partial charge is 0.459 e. The van der Waals surface area contributed by atoms with Gasteiger partial charge in [0.25, 0.3) is 16.8 Å². The molecule has 0 saturated carbocycles. The number of halogens is 9. The second kappa shape index (κ2) is 33.7. The van der Waals surface area contributed by atoms with Crippen LogP contribution >= 0.6 is 0 Å². The van der Waals surface area contributed by atoms with Gasteiger partial charge >= 0.3 is 42.4 Å². The number of benzene rings is 3. The van der Waals surface area contributed by atoms with E-state index in [0.29, 0.717) is 51.4 Å². The van der Waals surface area contributed by atoms with Gasteiger partial charge in [0.2, 0.25) is 0 Å². The van der Waals surface area contributed by atoms with Crippen LogP contribution in [0.3, 0.4) is 0 Å². The number of cyclic esters (lactones) is 1. The quantitative estimate of drug-likeness (QED) is 0.0235. The fraction of sp³-hybridized carbons (Fsp3) is 0.642. The number of hydrogen-bond donors (Lipinski definition) is 0. The number of rotatable bonds is 36. The summed E-state index contributed by atoms with van der Waals surface area (Å²) < 4.78 is 187. The number of hydrogen-bond acceptors (Lipinski definition) is 13. The van der Waals surface area contributed by atoms with E-state index in [1.54, 1.807) is 6.92 Å². The van der Waals surface area contributed by atoms with Crippen LogP contribution in [0.5, 0.6) is 0 Å². The second-order valence-corrected chi connectivity index (χ2v) is 23.4. The van der Waals surface area contributed by atoms with Gasteiger partial charge in [-0.25, -0.2) is 19.2 Å².